The molecule has 2 amide bonds. The molecule has 0 bridgehead atoms. The zero-order valence-electron chi connectivity index (χ0n) is 19.8. The van der Waals surface area contributed by atoms with Crippen LogP contribution in [-0.2, 0) is 31.8 Å². The lowest BCUT2D eigenvalue weighted by atomic mass is 9.97. The number of cyclic esters (lactones) is 1. The Morgan fingerprint density at radius 1 is 1.12 bits per heavy atom. The van der Waals surface area contributed by atoms with E-state index in [-0.39, 0.29) is 37.6 Å². The van der Waals surface area contributed by atoms with E-state index < -0.39 is 12.0 Å². The average Bonchev–Trinajstić information content (AvgIpc) is 3.15. The molecule has 1 heterocycles. The Kier molecular flexibility index (Phi) is 8.47. The molecule has 1 saturated heterocycles. The van der Waals surface area contributed by atoms with Crippen molar-refractivity contribution in [2.75, 3.05) is 27.1 Å². The van der Waals surface area contributed by atoms with Gasteiger partial charge in [-0.25, -0.2) is 9.69 Å². The summed E-state index contributed by atoms with van der Waals surface area (Å²) in [6, 6.07) is 17.0. The van der Waals surface area contributed by atoms with E-state index in [4.69, 9.17) is 18.9 Å². The Balaban J connectivity index is 1.76. The van der Waals surface area contributed by atoms with Gasteiger partial charge in [0.15, 0.2) is 0 Å². The number of amides is 2. The lowest BCUT2D eigenvalue weighted by Crippen LogP contribution is -2.45. The number of benzene rings is 2. The van der Waals surface area contributed by atoms with E-state index in [1.54, 1.807) is 7.11 Å². The van der Waals surface area contributed by atoms with Crippen molar-refractivity contribution in [1.29, 1.82) is 0 Å². The first-order valence-corrected chi connectivity index (χ1v) is 11.1. The van der Waals surface area contributed by atoms with Gasteiger partial charge in [0.1, 0.15) is 19.1 Å². The Bertz CT molecular complexity index is 924. The van der Waals surface area contributed by atoms with Gasteiger partial charge in [-0.05, 0) is 56.9 Å². The van der Waals surface area contributed by atoms with Gasteiger partial charge in [0.05, 0.1) is 31.3 Å². The van der Waals surface area contributed by atoms with Crippen molar-refractivity contribution in [2.45, 2.75) is 45.3 Å². The normalized spacial score (nSPS) is 17.0. The van der Waals surface area contributed by atoms with Gasteiger partial charge < -0.3 is 18.9 Å². The van der Waals surface area contributed by atoms with Crippen LogP contribution in [0.5, 0.6) is 5.75 Å². The monoisotopic (exact) mass is 455 g/mol. The molecule has 178 valence electrons. The minimum atomic E-state index is -0.609. The maximum Gasteiger partial charge on any atom is 0.416 e. The smallest absolute Gasteiger partial charge is 0.416 e. The molecule has 0 saturated carbocycles. The SMILES string of the molecule is COc1cccc(C[C@H](COCOC(C)(C)C)C(=O)N2C(=O)OC[C@@H]2Cc2ccccc2)c1. The number of methoxy groups -OCH3 is 1. The van der Waals surface area contributed by atoms with E-state index in [1.165, 1.54) is 4.90 Å². The second-order valence-corrected chi connectivity index (χ2v) is 9.13. The van der Waals surface area contributed by atoms with Crippen molar-refractivity contribution in [2.24, 2.45) is 5.92 Å². The third-order valence-corrected chi connectivity index (χ3v) is 5.37. The number of rotatable bonds is 10. The van der Waals surface area contributed by atoms with Gasteiger partial charge in [-0.1, -0.05) is 42.5 Å². The van der Waals surface area contributed by atoms with E-state index in [2.05, 4.69) is 0 Å². The molecule has 3 rings (SSSR count). The van der Waals surface area contributed by atoms with E-state index in [1.807, 2.05) is 75.4 Å². The highest BCUT2D eigenvalue weighted by Crippen LogP contribution is 2.23. The minimum absolute atomic E-state index is 0.0588. The van der Waals surface area contributed by atoms with Crippen LogP contribution in [-0.4, -0.2) is 55.7 Å². The standard InChI is InChI=1S/C26H33NO6/c1-26(2,3)33-18-31-16-21(13-20-11-8-12-23(15-20)30-4)24(28)27-22(17-32-25(27)29)14-19-9-6-5-7-10-19/h5-12,15,21-22H,13-14,16-18H2,1-4H3/t21-,22+/m1/s1. The molecular weight excluding hydrogens is 422 g/mol. The molecule has 2 atom stereocenters. The molecule has 0 aromatic heterocycles. The van der Waals surface area contributed by atoms with Crippen LogP contribution in [0.1, 0.15) is 31.9 Å². The molecule has 0 aliphatic carbocycles. The predicted molar refractivity (Wildman–Crippen MR) is 124 cm³/mol. The Morgan fingerprint density at radius 3 is 2.55 bits per heavy atom. The summed E-state index contributed by atoms with van der Waals surface area (Å²) >= 11 is 0. The van der Waals surface area contributed by atoms with Gasteiger partial charge in [0, 0.05) is 0 Å². The van der Waals surface area contributed by atoms with Crippen molar-refractivity contribution in [3.05, 3.63) is 65.7 Å². The Morgan fingerprint density at radius 2 is 1.85 bits per heavy atom. The highest BCUT2D eigenvalue weighted by atomic mass is 16.7. The van der Waals surface area contributed by atoms with Crippen molar-refractivity contribution >= 4 is 12.0 Å². The molecule has 2 aromatic rings. The molecule has 1 aliphatic rings. The van der Waals surface area contributed by atoms with Crippen LogP contribution in [0.25, 0.3) is 0 Å². The maximum atomic E-state index is 13.6. The lowest BCUT2D eigenvalue weighted by Gasteiger charge is -2.26. The number of nitrogens with zero attached hydrogens (tertiary/aromatic N) is 1. The fourth-order valence-electron chi connectivity index (χ4n) is 3.67. The van der Waals surface area contributed by atoms with Gasteiger partial charge in [-0.2, -0.15) is 0 Å². The first-order chi connectivity index (χ1) is 15.8. The molecule has 2 aromatic carbocycles. The number of hydrogen-bond acceptors (Lipinski definition) is 6. The summed E-state index contributed by atoms with van der Waals surface area (Å²) in [5.41, 5.74) is 1.60. The highest BCUT2D eigenvalue weighted by Gasteiger charge is 2.41. The summed E-state index contributed by atoms with van der Waals surface area (Å²) in [4.78, 5) is 27.4. The number of hydrogen-bond donors (Lipinski definition) is 0. The Hall–Kier alpha value is -2.90. The van der Waals surface area contributed by atoms with Gasteiger partial charge in [0.2, 0.25) is 5.91 Å². The van der Waals surface area contributed by atoms with Gasteiger partial charge in [-0.15, -0.1) is 0 Å². The van der Waals surface area contributed by atoms with E-state index in [0.29, 0.717) is 18.6 Å². The van der Waals surface area contributed by atoms with Crippen molar-refractivity contribution in [3.63, 3.8) is 0 Å². The summed E-state index contributed by atoms with van der Waals surface area (Å²) in [5, 5.41) is 0. The summed E-state index contributed by atoms with van der Waals surface area (Å²) in [7, 11) is 1.60. The van der Waals surface area contributed by atoms with Crippen LogP contribution in [0.4, 0.5) is 4.79 Å². The van der Waals surface area contributed by atoms with Crippen LogP contribution in [0.15, 0.2) is 54.6 Å². The van der Waals surface area contributed by atoms with Crippen LogP contribution < -0.4 is 4.74 Å². The van der Waals surface area contributed by atoms with E-state index >= 15 is 0 Å². The third-order valence-electron chi connectivity index (χ3n) is 5.37. The number of carbonyl (C=O) groups excluding carboxylic acids is 2. The number of carbonyl (C=O) groups is 2. The average molecular weight is 456 g/mol. The van der Waals surface area contributed by atoms with E-state index in [0.717, 1.165) is 11.1 Å². The van der Waals surface area contributed by atoms with Gasteiger partial charge >= 0.3 is 6.09 Å². The predicted octanol–water partition coefficient (Wildman–Crippen LogP) is 4.23. The van der Waals surface area contributed by atoms with Crippen molar-refractivity contribution in [3.8, 4) is 5.75 Å². The maximum absolute atomic E-state index is 13.6. The fraction of sp³-hybridized carbons (Fsp3) is 0.462. The molecule has 1 fully saturated rings. The van der Waals surface area contributed by atoms with E-state index in [9.17, 15) is 9.59 Å². The minimum Gasteiger partial charge on any atom is -0.497 e. The van der Waals surface area contributed by atoms with Gasteiger partial charge in [0.25, 0.3) is 0 Å². The molecule has 0 radical (unpaired) electrons. The largest absolute Gasteiger partial charge is 0.497 e. The Labute approximate surface area is 195 Å². The number of imide groups is 1. The second kappa shape index (κ2) is 11.3. The molecule has 7 heteroatoms. The quantitative estimate of drug-likeness (QED) is 0.394. The molecule has 0 spiro atoms. The highest BCUT2D eigenvalue weighted by molar-refractivity contribution is 5.95. The first-order valence-electron chi connectivity index (χ1n) is 11.1. The zero-order valence-corrected chi connectivity index (χ0v) is 19.8. The molecule has 7 nitrogen and oxygen atoms in total. The fourth-order valence-corrected chi connectivity index (χ4v) is 3.67. The molecular formula is C26H33NO6. The van der Waals surface area contributed by atoms with Crippen molar-refractivity contribution < 1.29 is 28.5 Å². The third kappa shape index (κ3) is 7.30. The summed E-state index contributed by atoms with van der Waals surface area (Å²) in [6.07, 6.45) is 0.327. The summed E-state index contributed by atoms with van der Waals surface area (Å²) in [6.45, 7) is 6.16. The topological polar surface area (TPSA) is 74.3 Å². The van der Waals surface area contributed by atoms with Crippen LogP contribution >= 0.6 is 0 Å². The van der Waals surface area contributed by atoms with Crippen molar-refractivity contribution in [1.82, 2.24) is 4.90 Å². The van der Waals surface area contributed by atoms with Crippen LogP contribution in [0.2, 0.25) is 0 Å². The summed E-state index contributed by atoms with van der Waals surface area (Å²) in [5.74, 6) is -0.181. The lowest BCUT2D eigenvalue weighted by molar-refractivity contribution is -0.145. The van der Waals surface area contributed by atoms with Crippen LogP contribution in [0.3, 0.4) is 0 Å². The van der Waals surface area contributed by atoms with Gasteiger partial charge in [-0.3, -0.25) is 4.79 Å². The zero-order chi connectivity index (χ0) is 23.8. The van der Waals surface area contributed by atoms with Crippen LogP contribution in [0, 0.1) is 5.92 Å². The summed E-state index contributed by atoms with van der Waals surface area (Å²) < 4.78 is 21.9. The molecule has 0 unspecified atom stereocenters. The molecule has 0 N–H and O–H groups in total. The first kappa shape index (κ1) is 24.7. The second-order valence-electron chi connectivity index (χ2n) is 9.13. The number of ether oxygens (including phenoxy) is 4. The molecule has 33 heavy (non-hydrogen) atoms. The molecule has 1 aliphatic heterocycles.